The third kappa shape index (κ3) is 4.78. The fraction of sp³-hybridized carbons (Fsp3) is 0.900. The maximum Gasteiger partial charge on any atom is 0.407 e. The first-order chi connectivity index (χ1) is 7.76. The first-order valence-electron chi connectivity index (χ1n) is 5.61. The van der Waals surface area contributed by atoms with E-state index in [4.69, 9.17) is 9.84 Å². The number of hydrogen-bond donors (Lipinski definition) is 2. The Balaban J connectivity index is 2.14. The molecule has 16 heavy (non-hydrogen) atoms. The van der Waals surface area contributed by atoms with Crippen LogP contribution in [0.15, 0.2) is 0 Å². The number of carbonyl (C=O) groups excluding carboxylic acids is 1. The highest BCUT2D eigenvalue weighted by Gasteiger charge is 2.19. The molecule has 0 spiro atoms. The standard InChI is InChI=1S/C10H20N2O4/c1-2-12-3-5-15-9(8-12)7-11-10(14)16-6-4-13/h9,13H,2-8H2,1H3,(H,11,14). The Labute approximate surface area is 95.5 Å². The maximum absolute atomic E-state index is 11.1. The van der Waals surface area contributed by atoms with Gasteiger partial charge in [-0.3, -0.25) is 4.90 Å². The van der Waals surface area contributed by atoms with Gasteiger partial charge >= 0.3 is 6.09 Å². The number of alkyl carbamates (subject to hydrolysis) is 1. The summed E-state index contributed by atoms with van der Waals surface area (Å²) in [6, 6.07) is 0. The van der Waals surface area contributed by atoms with E-state index in [0.717, 1.165) is 19.6 Å². The third-order valence-corrected chi connectivity index (χ3v) is 2.47. The van der Waals surface area contributed by atoms with Crippen LogP contribution in [0.3, 0.4) is 0 Å². The van der Waals surface area contributed by atoms with Gasteiger partial charge in [0.25, 0.3) is 0 Å². The number of likely N-dealkylation sites (N-methyl/N-ethyl adjacent to an activating group) is 1. The fourth-order valence-corrected chi connectivity index (χ4v) is 1.58. The van der Waals surface area contributed by atoms with E-state index in [1.54, 1.807) is 0 Å². The second-order valence-electron chi connectivity index (χ2n) is 3.63. The highest BCUT2D eigenvalue weighted by Crippen LogP contribution is 2.03. The van der Waals surface area contributed by atoms with Gasteiger partial charge in [0.05, 0.1) is 19.3 Å². The van der Waals surface area contributed by atoms with Crippen molar-refractivity contribution in [3.63, 3.8) is 0 Å². The van der Waals surface area contributed by atoms with Crippen LogP contribution in [0.4, 0.5) is 4.79 Å². The number of nitrogens with one attached hydrogen (secondary N) is 1. The second kappa shape index (κ2) is 7.43. The molecule has 0 aromatic rings. The molecule has 2 N–H and O–H groups in total. The Bertz CT molecular complexity index is 213. The number of amides is 1. The van der Waals surface area contributed by atoms with Crippen LogP contribution < -0.4 is 5.32 Å². The SMILES string of the molecule is CCN1CCOC(CNC(=O)OCCO)C1. The molecule has 0 bridgehead atoms. The van der Waals surface area contributed by atoms with Crippen LogP contribution in [-0.2, 0) is 9.47 Å². The molecule has 0 saturated carbocycles. The van der Waals surface area contributed by atoms with Crippen LogP contribution in [0, 0.1) is 0 Å². The first kappa shape index (κ1) is 13.2. The molecule has 6 heteroatoms. The van der Waals surface area contributed by atoms with Crippen LogP contribution >= 0.6 is 0 Å². The molecule has 1 saturated heterocycles. The summed E-state index contributed by atoms with van der Waals surface area (Å²) in [5.41, 5.74) is 0. The van der Waals surface area contributed by atoms with E-state index in [1.807, 2.05) is 0 Å². The molecule has 6 nitrogen and oxygen atoms in total. The van der Waals surface area contributed by atoms with Gasteiger partial charge in [-0.2, -0.15) is 0 Å². The maximum atomic E-state index is 11.1. The van der Waals surface area contributed by atoms with Gasteiger partial charge in [0.15, 0.2) is 0 Å². The van der Waals surface area contributed by atoms with E-state index in [1.165, 1.54) is 0 Å². The average molecular weight is 232 g/mol. The lowest BCUT2D eigenvalue weighted by atomic mass is 10.2. The van der Waals surface area contributed by atoms with Crippen molar-refractivity contribution in [3.8, 4) is 0 Å². The highest BCUT2D eigenvalue weighted by atomic mass is 16.6. The minimum atomic E-state index is -0.508. The molecule has 1 amide bonds. The number of carbonyl (C=O) groups is 1. The number of hydrogen-bond acceptors (Lipinski definition) is 5. The van der Waals surface area contributed by atoms with Gasteiger partial charge in [0, 0.05) is 19.6 Å². The molecule has 1 unspecified atom stereocenters. The van der Waals surface area contributed by atoms with Crippen LogP contribution in [0.25, 0.3) is 0 Å². The smallest absolute Gasteiger partial charge is 0.407 e. The number of aliphatic hydroxyl groups excluding tert-OH is 1. The minimum Gasteiger partial charge on any atom is -0.447 e. The van der Waals surface area contributed by atoms with Crippen molar-refractivity contribution in [1.82, 2.24) is 10.2 Å². The molecule has 94 valence electrons. The molecule has 0 aromatic carbocycles. The predicted molar refractivity (Wildman–Crippen MR) is 58.3 cm³/mol. The van der Waals surface area contributed by atoms with E-state index in [2.05, 4.69) is 21.9 Å². The largest absolute Gasteiger partial charge is 0.447 e. The van der Waals surface area contributed by atoms with Crippen molar-refractivity contribution in [2.45, 2.75) is 13.0 Å². The van der Waals surface area contributed by atoms with Gasteiger partial charge in [-0.25, -0.2) is 4.79 Å². The van der Waals surface area contributed by atoms with E-state index in [0.29, 0.717) is 13.2 Å². The lowest BCUT2D eigenvalue weighted by molar-refractivity contribution is -0.0252. The predicted octanol–water partition coefficient (Wildman–Crippen LogP) is -0.574. The van der Waals surface area contributed by atoms with Crippen LogP contribution in [0.1, 0.15) is 6.92 Å². The lowest BCUT2D eigenvalue weighted by Crippen LogP contribution is -2.47. The van der Waals surface area contributed by atoms with E-state index < -0.39 is 6.09 Å². The molecule has 1 aliphatic heterocycles. The summed E-state index contributed by atoms with van der Waals surface area (Å²) in [5, 5.41) is 11.1. The molecule has 1 aliphatic rings. The van der Waals surface area contributed by atoms with Crippen molar-refractivity contribution in [1.29, 1.82) is 0 Å². The van der Waals surface area contributed by atoms with Gasteiger partial charge in [-0.1, -0.05) is 6.92 Å². The summed E-state index contributed by atoms with van der Waals surface area (Å²) in [4.78, 5) is 13.4. The average Bonchev–Trinajstić information content (AvgIpc) is 2.34. The van der Waals surface area contributed by atoms with Crippen molar-refractivity contribution < 1.29 is 19.4 Å². The Hall–Kier alpha value is -0.850. The second-order valence-corrected chi connectivity index (χ2v) is 3.63. The van der Waals surface area contributed by atoms with Gasteiger partial charge in [-0.05, 0) is 6.54 Å². The molecule has 1 rings (SSSR count). The summed E-state index contributed by atoms with van der Waals surface area (Å²) in [7, 11) is 0. The molecule has 1 heterocycles. The van der Waals surface area contributed by atoms with Crippen LogP contribution in [-0.4, -0.2) is 68.2 Å². The molecule has 0 aliphatic carbocycles. The van der Waals surface area contributed by atoms with Gasteiger partial charge in [-0.15, -0.1) is 0 Å². The quantitative estimate of drug-likeness (QED) is 0.664. The van der Waals surface area contributed by atoms with E-state index >= 15 is 0 Å². The Morgan fingerprint density at radius 1 is 1.69 bits per heavy atom. The number of aliphatic hydroxyl groups is 1. The first-order valence-corrected chi connectivity index (χ1v) is 5.61. The van der Waals surface area contributed by atoms with Crippen molar-refractivity contribution in [3.05, 3.63) is 0 Å². The summed E-state index contributed by atoms with van der Waals surface area (Å²) in [5.74, 6) is 0. The summed E-state index contributed by atoms with van der Waals surface area (Å²) < 4.78 is 10.2. The van der Waals surface area contributed by atoms with Crippen molar-refractivity contribution in [2.75, 3.05) is 46.0 Å². The normalized spacial score (nSPS) is 21.8. The summed E-state index contributed by atoms with van der Waals surface area (Å²) in [6.45, 7) is 5.89. The number of rotatable bonds is 5. The van der Waals surface area contributed by atoms with Gasteiger partial charge in [0.2, 0.25) is 0 Å². The summed E-state index contributed by atoms with van der Waals surface area (Å²) >= 11 is 0. The Morgan fingerprint density at radius 3 is 3.19 bits per heavy atom. The number of nitrogens with zero attached hydrogens (tertiary/aromatic N) is 1. The minimum absolute atomic E-state index is 0.0235. The fourth-order valence-electron chi connectivity index (χ4n) is 1.58. The molecular formula is C10H20N2O4. The highest BCUT2D eigenvalue weighted by molar-refractivity contribution is 5.67. The number of morpholine rings is 1. The van der Waals surface area contributed by atoms with E-state index in [9.17, 15) is 4.79 Å². The van der Waals surface area contributed by atoms with Crippen molar-refractivity contribution >= 4 is 6.09 Å². The Kier molecular flexibility index (Phi) is 6.14. The molecule has 0 aromatic heterocycles. The third-order valence-electron chi connectivity index (χ3n) is 2.47. The zero-order chi connectivity index (χ0) is 11.8. The molecule has 1 fully saturated rings. The Morgan fingerprint density at radius 2 is 2.50 bits per heavy atom. The number of ether oxygens (including phenoxy) is 2. The van der Waals surface area contributed by atoms with Gasteiger partial charge in [0.1, 0.15) is 6.61 Å². The van der Waals surface area contributed by atoms with Crippen LogP contribution in [0.2, 0.25) is 0 Å². The van der Waals surface area contributed by atoms with Crippen molar-refractivity contribution in [2.24, 2.45) is 0 Å². The van der Waals surface area contributed by atoms with E-state index in [-0.39, 0.29) is 19.3 Å². The van der Waals surface area contributed by atoms with Crippen LogP contribution in [0.5, 0.6) is 0 Å². The topological polar surface area (TPSA) is 71.0 Å². The summed E-state index contributed by atoms with van der Waals surface area (Å²) in [6.07, 6.45) is -0.485. The lowest BCUT2D eigenvalue weighted by Gasteiger charge is -2.31. The zero-order valence-corrected chi connectivity index (χ0v) is 9.65. The molecule has 0 radical (unpaired) electrons. The zero-order valence-electron chi connectivity index (χ0n) is 9.65. The molecule has 1 atom stereocenters. The monoisotopic (exact) mass is 232 g/mol. The van der Waals surface area contributed by atoms with Gasteiger partial charge < -0.3 is 19.9 Å². The molecular weight excluding hydrogens is 212 g/mol.